The summed E-state index contributed by atoms with van der Waals surface area (Å²) in [5.41, 5.74) is 0.263. The quantitative estimate of drug-likeness (QED) is 0.659. The number of para-hydroxylation sites is 1. The number of nitrogens with one attached hydrogen (secondary N) is 2. The van der Waals surface area contributed by atoms with Crippen LogP contribution < -0.4 is 16.3 Å². The Labute approximate surface area is 157 Å². The number of tetrazole rings is 1. The van der Waals surface area contributed by atoms with E-state index in [2.05, 4.69) is 21.1 Å². The Morgan fingerprint density at radius 2 is 1.96 bits per heavy atom. The van der Waals surface area contributed by atoms with Crippen molar-refractivity contribution in [1.29, 1.82) is 0 Å². The van der Waals surface area contributed by atoms with E-state index in [4.69, 9.17) is 0 Å². The Bertz CT molecular complexity index is 1040. The number of thiophene rings is 1. The molecule has 9 nitrogen and oxygen atoms in total. The maximum atomic E-state index is 12.4. The van der Waals surface area contributed by atoms with E-state index in [0.717, 1.165) is 22.2 Å². The normalized spacial score (nSPS) is 13.3. The second-order valence-electron chi connectivity index (χ2n) is 6.12. The lowest BCUT2D eigenvalue weighted by Crippen LogP contribution is -2.30. The number of hydrogen-bond donors (Lipinski definition) is 2. The average Bonchev–Trinajstić information content (AvgIpc) is 3.16. The summed E-state index contributed by atoms with van der Waals surface area (Å²) in [6.07, 6.45) is 1.95. The number of anilines is 1. The summed E-state index contributed by atoms with van der Waals surface area (Å²) in [5, 5.41) is 15.5. The van der Waals surface area contributed by atoms with Gasteiger partial charge in [0.25, 0.3) is 5.91 Å². The van der Waals surface area contributed by atoms with Crippen molar-refractivity contribution in [2.45, 2.75) is 25.4 Å². The largest absolute Gasteiger partial charge is 0.369 e. The zero-order valence-corrected chi connectivity index (χ0v) is 15.0. The lowest BCUT2D eigenvalue weighted by atomic mass is 10.1. The minimum atomic E-state index is -0.507. The number of rotatable bonds is 6. The number of carbonyl (C=O) groups excluding carboxylic acids is 2. The molecule has 1 aromatic carbocycles. The number of carbonyl (C=O) groups is 2. The molecule has 2 heterocycles. The van der Waals surface area contributed by atoms with Gasteiger partial charge in [0.05, 0.1) is 11.3 Å². The van der Waals surface area contributed by atoms with Crippen LogP contribution >= 0.6 is 11.3 Å². The molecule has 4 rings (SSSR count). The van der Waals surface area contributed by atoms with Crippen LogP contribution in [0.5, 0.6) is 0 Å². The molecule has 3 aromatic rings. The van der Waals surface area contributed by atoms with Gasteiger partial charge >= 0.3 is 5.69 Å². The molecular weight excluding hydrogens is 368 g/mol. The first-order chi connectivity index (χ1) is 13.1. The summed E-state index contributed by atoms with van der Waals surface area (Å²) in [6.45, 7) is -0.303. The second-order valence-corrected chi connectivity index (χ2v) is 7.05. The van der Waals surface area contributed by atoms with Gasteiger partial charge in [-0.05, 0) is 52.9 Å². The van der Waals surface area contributed by atoms with Crippen LogP contribution in [-0.4, -0.2) is 37.6 Å². The Morgan fingerprint density at radius 1 is 1.15 bits per heavy atom. The SMILES string of the molecule is O=C(Cn1nnn(-c2cccs2)c1=O)Nc1ccccc1C(=O)NC1CC1. The fraction of sp³-hybridized carbons (Fsp3) is 0.235. The minimum Gasteiger partial charge on any atom is -0.349 e. The molecule has 1 aliphatic rings. The van der Waals surface area contributed by atoms with Crippen molar-refractivity contribution in [3.63, 3.8) is 0 Å². The highest BCUT2D eigenvalue weighted by Gasteiger charge is 2.25. The molecule has 0 bridgehead atoms. The fourth-order valence-corrected chi connectivity index (χ4v) is 3.18. The van der Waals surface area contributed by atoms with Crippen LogP contribution in [0.2, 0.25) is 0 Å². The molecule has 2 aromatic heterocycles. The van der Waals surface area contributed by atoms with Crippen molar-refractivity contribution < 1.29 is 9.59 Å². The van der Waals surface area contributed by atoms with Gasteiger partial charge in [0, 0.05) is 6.04 Å². The van der Waals surface area contributed by atoms with E-state index in [1.165, 1.54) is 11.3 Å². The molecule has 0 aliphatic heterocycles. The van der Waals surface area contributed by atoms with Gasteiger partial charge in [0.1, 0.15) is 11.5 Å². The predicted molar refractivity (Wildman–Crippen MR) is 99.1 cm³/mol. The van der Waals surface area contributed by atoms with Crippen molar-refractivity contribution in [3.8, 4) is 5.00 Å². The molecule has 0 saturated heterocycles. The number of amides is 2. The van der Waals surface area contributed by atoms with Crippen LogP contribution in [0.1, 0.15) is 23.2 Å². The van der Waals surface area contributed by atoms with Gasteiger partial charge in [-0.3, -0.25) is 9.59 Å². The summed E-state index contributed by atoms with van der Waals surface area (Å²) in [4.78, 5) is 37.0. The van der Waals surface area contributed by atoms with Gasteiger partial charge < -0.3 is 10.6 Å². The van der Waals surface area contributed by atoms with Crippen molar-refractivity contribution in [3.05, 3.63) is 57.8 Å². The molecule has 1 fully saturated rings. The van der Waals surface area contributed by atoms with Crippen LogP contribution in [0.4, 0.5) is 5.69 Å². The average molecular weight is 384 g/mol. The van der Waals surface area contributed by atoms with Gasteiger partial charge in [-0.25, -0.2) is 4.79 Å². The van der Waals surface area contributed by atoms with Crippen molar-refractivity contribution in [2.75, 3.05) is 5.32 Å². The number of hydrogen-bond acceptors (Lipinski definition) is 6. The van der Waals surface area contributed by atoms with E-state index in [1.807, 2.05) is 5.38 Å². The maximum Gasteiger partial charge on any atom is 0.369 e. The molecule has 0 unspecified atom stereocenters. The highest BCUT2D eigenvalue weighted by Crippen LogP contribution is 2.21. The monoisotopic (exact) mass is 384 g/mol. The molecule has 0 radical (unpaired) electrons. The van der Waals surface area contributed by atoms with Gasteiger partial charge in [0.15, 0.2) is 0 Å². The Kier molecular flexibility index (Phi) is 4.55. The first kappa shape index (κ1) is 17.2. The topological polar surface area (TPSA) is 111 Å². The van der Waals surface area contributed by atoms with Gasteiger partial charge in [-0.2, -0.15) is 9.36 Å². The van der Waals surface area contributed by atoms with E-state index in [0.29, 0.717) is 16.3 Å². The number of aromatic nitrogens is 4. The van der Waals surface area contributed by atoms with Crippen molar-refractivity contribution in [1.82, 2.24) is 25.1 Å². The Morgan fingerprint density at radius 3 is 2.70 bits per heavy atom. The highest BCUT2D eigenvalue weighted by molar-refractivity contribution is 7.12. The minimum absolute atomic E-state index is 0.215. The van der Waals surface area contributed by atoms with Crippen molar-refractivity contribution >= 4 is 28.8 Å². The third kappa shape index (κ3) is 3.80. The van der Waals surface area contributed by atoms with E-state index >= 15 is 0 Å². The summed E-state index contributed by atoms with van der Waals surface area (Å²) in [6, 6.07) is 10.5. The lowest BCUT2D eigenvalue weighted by molar-refractivity contribution is -0.117. The fourth-order valence-electron chi connectivity index (χ4n) is 2.51. The van der Waals surface area contributed by atoms with Crippen LogP contribution in [0.25, 0.3) is 5.00 Å². The smallest absolute Gasteiger partial charge is 0.349 e. The van der Waals surface area contributed by atoms with Gasteiger partial charge in [-0.1, -0.05) is 12.1 Å². The van der Waals surface area contributed by atoms with Crippen molar-refractivity contribution in [2.24, 2.45) is 0 Å². The van der Waals surface area contributed by atoms with E-state index in [9.17, 15) is 14.4 Å². The van der Waals surface area contributed by atoms with Crippen LogP contribution in [0, 0.1) is 0 Å². The summed E-state index contributed by atoms with van der Waals surface area (Å²) >= 11 is 1.34. The van der Waals surface area contributed by atoms with Crippen LogP contribution in [0.3, 0.4) is 0 Å². The molecule has 2 amide bonds. The second kappa shape index (κ2) is 7.16. The standard InChI is InChI=1S/C17H16N6O3S/c24-14(10-22-17(26)23(21-20-22)15-6-3-9-27-15)19-13-5-2-1-4-12(13)16(25)18-11-7-8-11/h1-6,9,11H,7-8,10H2,(H,18,25)(H,19,24). The predicted octanol–water partition coefficient (Wildman–Crippen LogP) is 1.02. The lowest BCUT2D eigenvalue weighted by Gasteiger charge is -2.10. The Hall–Kier alpha value is -3.27. The van der Waals surface area contributed by atoms with Crippen LogP contribution in [0.15, 0.2) is 46.6 Å². The van der Waals surface area contributed by atoms with E-state index in [-0.39, 0.29) is 18.5 Å². The molecule has 1 aliphatic carbocycles. The molecule has 10 heteroatoms. The zero-order chi connectivity index (χ0) is 18.8. The van der Waals surface area contributed by atoms with Crippen LogP contribution in [-0.2, 0) is 11.3 Å². The molecule has 1 saturated carbocycles. The molecule has 27 heavy (non-hydrogen) atoms. The third-order valence-electron chi connectivity index (χ3n) is 4.01. The first-order valence-corrected chi connectivity index (χ1v) is 9.26. The summed E-state index contributed by atoms with van der Waals surface area (Å²) < 4.78 is 2.11. The number of benzene rings is 1. The zero-order valence-electron chi connectivity index (χ0n) is 14.2. The van der Waals surface area contributed by atoms with Gasteiger partial charge in [-0.15, -0.1) is 11.3 Å². The van der Waals surface area contributed by atoms with E-state index < -0.39 is 11.6 Å². The maximum absolute atomic E-state index is 12.4. The van der Waals surface area contributed by atoms with E-state index in [1.54, 1.807) is 36.4 Å². The van der Waals surface area contributed by atoms with Gasteiger partial charge in [0.2, 0.25) is 5.91 Å². The third-order valence-corrected chi connectivity index (χ3v) is 4.85. The first-order valence-electron chi connectivity index (χ1n) is 8.38. The Balaban J connectivity index is 1.47. The molecule has 0 spiro atoms. The summed E-state index contributed by atoms with van der Waals surface area (Å²) in [7, 11) is 0. The molecular formula is C17H16N6O3S. The number of nitrogens with zero attached hydrogens (tertiary/aromatic N) is 4. The molecule has 0 atom stereocenters. The summed E-state index contributed by atoms with van der Waals surface area (Å²) in [5.74, 6) is -0.698. The highest BCUT2D eigenvalue weighted by atomic mass is 32.1. The molecule has 2 N–H and O–H groups in total. The molecule has 138 valence electrons.